The van der Waals surface area contributed by atoms with Crippen LogP contribution in [0.15, 0.2) is 36.4 Å². The third-order valence-corrected chi connectivity index (χ3v) is 3.41. The molecule has 0 saturated carbocycles. The number of nitrogens with one attached hydrogen (secondary N) is 2. The SMILES string of the molecule is COC(=O)c1cc(F)c(F)cc1NC(=O)Oc1ccc(NC(=O)OC(C)(C)C)cc1. The minimum absolute atomic E-state index is 0.0874. The minimum atomic E-state index is -1.28. The van der Waals surface area contributed by atoms with Gasteiger partial charge in [0.05, 0.1) is 18.4 Å². The first kappa shape index (κ1) is 22.6. The van der Waals surface area contributed by atoms with Gasteiger partial charge < -0.3 is 14.2 Å². The Morgan fingerprint density at radius 1 is 0.900 bits per heavy atom. The number of halogens is 2. The molecule has 2 N–H and O–H groups in total. The van der Waals surface area contributed by atoms with E-state index in [9.17, 15) is 23.2 Å². The summed E-state index contributed by atoms with van der Waals surface area (Å²) in [5, 5.41) is 4.67. The van der Waals surface area contributed by atoms with Gasteiger partial charge in [0.15, 0.2) is 11.6 Å². The first-order chi connectivity index (χ1) is 14.0. The van der Waals surface area contributed by atoms with Crippen molar-refractivity contribution in [3.63, 3.8) is 0 Å². The second-order valence-electron chi connectivity index (χ2n) is 6.97. The maximum atomic E-state index is 13.5. The Labute approximate surface area is 171 Å². The molecule has 0 aromatic heterocycles. The molecular weight excluding hydrogens is 402 g/mol. The van der Waals surface area contributed by atoms with E-state index in [0.717, 1.165) is 7.11 Å². The number of ether oxygens (including phenoxy) is 3. The third kappa shape index (κ3) is 6.43. The number of hydrogen-bond donors (Lipinski definition) is 2. The average molecular weight is 422 g/mol. The first-order valence-electron chi connectivity index (χ1n) is 8.65. The van der Waals surface area contributed by atoms with Crippen LogP contribution in [0, 0.1) is 11.6 Å². The molecule has 30 heavy (non-hydrogen) atoms. The van der Waals surface area contributed by atoms with E-state index in [2.05, 4.69) is 15.4 Å². The van der Waals surface area contributed by atoms with Crippen molar-refractivity contribution in [1.82, 2.24) is 0 Å². The highest BCUT2D eigenvalue weighted by molar-refractivity contribution is 6.00. The largest absolute Gasteiger partial charge is 0.465 e. The summed E-state index contributed by atoms with van der Waals surface area (Å²) in [6.07, 6.45) is -1.71. The van der Waals surface area contributed by atoms with E-state index in [-0.39, 0.29) is 17.0 Å². The molecule has 0 radical (unpaired) electrons. The second-order valence-corrected chi connectivity index (χ2v) is 6.97. The summed E-state index contributed by atoms with van der Waals surface area (Å²) in [6.45, 7) is 5.17. The van der Waals surface area contributed by atoms with Crippen LogP contribution in [0.2, 0.25) is 0 Å². The molecule has 0 aliphatic rings. The molecule has 10 heteroatoms. The van der Waals surface area contributed by atoms with Gasteiger partial charge in [-0.1, -0.05) is 0 Å². The Balaban J connectivity index is 2.04. The van der Waals surface area contributed by atoms with Gasteiger partial charge in [-0.05, 0) is 51.1 Å². The van der Waals surface area contributed by atoms with Crippen LogP contribution in [0.5, 0.6) is 5.75 Å². The lowest BCUT2D eigenvalue weighted by Gasteiger charge is -2.19. The highest BCUT2D eigenvalue weighted by Crippen LogP contribution is 2.22. The molecule has 0 atom stereocenters. The number of carbonyl (C=O) groups excluding carboxylic acids is 3. The van der Waals surface area contributed by atoms with E-state index in [1.807, 2.05) is 0 Å². The zero-order chi connectivity index (χ0) is 22.5. The topological polar surface area (TPSA) is 103 Å². The van der Waals surface area contributed by atoms with E-state index in [4.69, 9.17) is 9.47 Å². The summed E-state index contributed by atoms with van der Waals surface area (Å²) in [4.78, 5) is 35.5. The van der Waals surface area contributed by atoms with Crippen molar-refractivity contribution in [2.75, 3.05) is 17.7 Å². The smallest absolute Gasteiger partial charge is 0.417 e. The summed E-state index contributed by atoms with van der Waals surface area (Å²) >= 11 is 0. The van der Waals surface area contributed by atoms with E-state index in [1.165, 1.54) is 24.3 Å². The first-order valence-corrected chi connectivity index (χ1v) is 8.65. The van der Waals surface area contributed by atoms with Crippen LogP contribution in [0.1, 0.15) is 31.1 Å². The van der Waals surface area contributed by atoms with E-state index in [1.54, 1.807) is 20.8 Å². The van der Waals surface area contributed by atoms with Crippen LogP contribution >= 0.6 is 0 Å². The van der Waals surface area contributed by atoms with Crippen LogP contribution in [0.3, 0.4) is 0 Å². The molecule has 0 spiro atoms. The maximum absolute atomic E-state index is 13.5. The molecule has 2 aromatic rings. The van der Waals surface area contributed by atoms with Crippen LogP contribution < -0.4 is 15.4 Å². The lowest BCUT2D eigenvalue weighted by Crippen LogP contribution is -2.27. The lowest BCUT2D eigenvalue weighted by molar-refractivity contribution is 0.0598. The molecule has 2 rings (SSSR count). The zero-order valence-corrected chi connectivity index (χ0v) is 16.7. The third-order valence-electron chi connectivity index (χ3n) is 3.41. The highest BCUT2D eigenvalue weighted by atomic mass is 19.2. The molecule has 0 fully saturated rings. The van der Waals surface area contributed by atoms with E-state index < -0.39 is 35.4 Å². The number of rotatable bonds is 4. The summed E-state index contributed by atoms with van der Waals surface area (Å²) in [5.41, 5.74) is -0.974. The number of benzene rings is 2. The highest BCUT2D eigenvalue weighted by Gasteiger charge is 2.19. The second kappa shape index (κ2) is 9.21. The Kier molecular flexibility index (Phi) is 6.93. The summed E-state index contributed by atoms with van der Waals surface area (Å²) in [7, 11) is 1.05. The van der Waals surface area contributed by atoms with Crippen molar-refractivity contribution in [3.8, 4) is 5.75 Å². The molecule has 2 amide bonds. The van der Waals surface area contributed by atoms with Gasteiger partial charge >= 0.3 is 18.2 Å². The van der Waals surface area contributed by atoms with Crippen molar-refractivity contribution in [2.45, 2.75) is 26.4 Å². The van der Waals surface area contributed by atoms with Crippen molar-refractivity contribution < 1.29 is 37.4 Å². The molecule has 0 heterocycles. The van der Waals surface area contributed by atoms with Crippen molar-refractivity contribution in [2.24, 2.45) is 0 Å². The molecule has 160 valence electrons. The number of methoxy groups -OCH3 is 1. The van der Waals surface area contributed by atoms with E-state index >= 15 is 0 Å². The fourth-order valence-corrected chi connectivity index (χ4v) is 2.20. The molecule has 0 aliphatic heterocycles. The maximum Gasteiger partial charge on any atom is 0.417 e. The van der Waals surface area contributed by atoms with Gasteiger partial charge in [-0.25, -0.2) is 23.2 Å². The molecule has 0 saturated heterocycles. The lowest BCUT2D eigenvalue weighted by atomic mass is 10.1. The van der Waals surface area contributed by atoms with Crippen molar-refractivity contribution in [3.05, 3.63) is 53.6 Å². The number of anilines is 2. The zero-order valence-electron chi connectivity index (χ0n) is 16.7. The molecule has 0 unspecified atom stereocenters. The Morgan fingerprint density at radius 2 is 1.50 bits per heavy atom. The Hall–Kier alpha value is -3.69. The van der Waals surface area contributed by atoms with Gasteiger partial charge in [0, 0.05) is 11.8 Å². The Bertz CT molecular complexity index is 955. The average Bonchev–Trinajstić information content (AvgIpc) is 2.64. The summed E-state index contributed by atoms with van der Waals surface area (Å²) in [5.74, 6) is -3.43. The number of amides is 2. The Morgan fingerprint density at radius 3 is 2.07 bits per heavy atom. The quantitative estimate of drug-likeness (QED) is 0.692. The number of hydrogen-bond acceptors (Lipinski definition) is 6. The summed E-state index contributed by atoms with van der Waals surface area (Å²) < 4.78 is 41.5. The fraction of sp³-hybridized carbons (Fsp3) is 0.250. The van der Waals surface area contributed by atoms with Gasteiger partial charge in [-0.15, -0.1) is 0 Å². The van der Waals surface area contributed by atoms with Crippen molar-refractivity contribution >= 4 is 29.5 Å². The standard InChI is InChI=1S/C20H20F2N2O6/c1-20(2,3)30-19(27)23-11-5-7-12(8-6-11)29-18(26)24-16-10-15(22)14(21)9-13(16)17(25)28-4/h5-10H,1-4H3,(H,23,27)(H,24,26). The fourth-order valence-electron chi connectivity index (χ4n) is 2.20. The number of carbonyl (C=O) groups is 3. The molecule has 2 aromatic carbocycles. The molecule has 8 nitrogen and oxygen atoms in total. The molecular formula is C20H20F2N2O6. The van der Waals surface area contributed by atoms with Crippen LogP contribution in [-0.2, 0) is 9.47 Å². The minimum Gasteiger partial charge on any atom is -0.465 e. The van der Waals surface area contributed by atoms with E-state index in [0.29, 0.717) is 17.8 Å². The monoisotopic (exact) mass is 422 g/mol. The van der Waals surface area contributed by atoms with Crippen LogP contribution in [0.4, 0.5) is 29.7 Å². The predicted molar refractivity (Wildman–Crippen MR) is 104 cm³/mol. The molecule has 0 aliphatic carbocycles. The van der Waals surface area contributed by atoms with Gasteiger partial charge in [-0.3, -0.25) is 10.6 Å². The predicted octanol–water partition coefficient (Wildman–Crippen LogP) is 4.71. The number of esters is 1. The summed E-state index contributed by atoms with van der Waals surface area (Å²) in [6, 6.07) is 6.94. The molecule has 0 bridgehead atoms. The van der Waals surface area contributed by atoms with Gasteiger partial charge in [0.2, 0.25) is 0 Å². The normalized spacial score (nSPS) is 10.7. The van der Waals surface area contributed by atoms with Gasteiger partial charge in [-0.2, -0.15) is 0 Å². The van der Waals surface area contributed by atoms with Crippen LogP contribution in [-0.4, -0.2) is 30.9 Å². The van der Waals surface area contributed by atoms with Crippen molar-refractivity contribution in [1.29, 1.82) is 0 Å². The van der Waals surface area contributed by atoms with Gasteiger partial charge in [0.1, 0.15) is 11.4 Å². The van der Waals surface area contributed by atoms with Crippen LogP contribution in [0.25, 0.3) is 0 Å². The van der Waals surface area contributed by atoms with Gasteiger partial charge in [0.25, 0.3) is 0 Å².